The number of ether oxygens (including phenoxy) is 2. The lowest BCUT2D eigenvalue weighted by atomic mass is 10.2. The van der Waals surface area contributed by atoms with Gasteiger partial charge in [0.05, 0.1) is 0 Å². The van der Waals surface area contributed by atoms with Crippen LogP contribution < -0.4 is 20.1 Å². The molecule has 1 aliphatic heterocycles. The fraction of sp³-hybridized carbons (Fsp3) is 0.105. The first-order valence-corrected chi connectivity index (χ1v) is 8.16. The number of amides is 1. The molecule has 2 N–H and O–H groups in total. The van der Waals surface area contributed by atoms with E-state index in [4.69, 9.17) is 9.47 Å². The molecular weight excluding hydrogens is 351 g/mol. The number of hydrogen-bond donors (Lipinski definition) is 2. The number of carbonyl (C=O) groups excluding carboxylic acids is 1. The second-order valence-electron chi connectivity index (χ2n) is 5.84. The number of aryl methyl sites for hydroxylation is 1. The van der Waals surface area contributed by atoms with Gasteiger partial charge in [0.2, 0.25) is 6.79 Å². The monoisotopic (exact) mass is 366 g/mol. The standard InChI is InChI=1S/C19H15FN4O3/c1-11-21-15(9-18(22-11)23-13-4-2-12(20)3-5-13)19(25)24-14-6-7-16-17(8-14)27-10-26-16/h2-9H,10H2,1H3,(H,24,25)(H,21,22,23). The van der Waals surface area contributed by atoms with Gasteiger partial charge in [-0.2, -0.15) is 0 Å². The van der Waals surface area contributed by atoms with Crippen molar-refractivity contribution in [3.63, 3.8) is 0 Å². The topological polar surface area (TPSA) is 85.4 Å². The van der Waals surface area contributed by atoms with Crippen LogP contribution in [0.5, 0.6) is 11.5 Å². The smallest absolute Gasteiger partial charge is 0.274 e. The van der Waals surface area contributed by atoms with Crippen LogP contribution in [0.2, 0.25) is 0 Å². The Morgan fingerprint density at radius 3 is 2.56 bits per heavy atom. The van der Waals surface area contributed by atoms with Crippen LogP contribution in [0.4, 0.5) is 21.6 Å². The molecule has 1 aliphatic rings. The van der Waals surface area contributed by atoms with Crippen LogP contribution in [0.3, 0.4) is 0 Å². The van der Waals surface area contributed by atoms with Crippen LogP contribution in [0.25, 0.3) is 0 Å². The van der Waals surface area contributed by atoms with Gasteiger partial charge in [-0.1, -0.05) is 0 Å². The minimum absolute atomic E-state index is 0.163. The summed E-state index contributed by atoms with van der Waals surface area (Å²) >= 11 is 0. The second kappa shape index (κ2) is 6.91. The molecule has 3 aromatic rings. The van der Waals surface area contributed by atoms with E-state index in [0.29, 0.717) is 34.5 Å². The summed E-state index contributed by atoms with van der Waals surface area (Å²) in [5.41, 5.74) is 1.41. The van der Waals surface area contributed by atoms with Crippen molar-refractivity contribution in [2.24, 2.45) is 0 Å². The third kappa shape index (κ3) is 3.79. The van der Waals surface area contributed by atoms with E-state index in [-0.39, 0.29) is 24.2 Å². The lowest BCUT2D eigenvalue weighted by molar-refractivity contribution is 0.102. The van der Waals surface area contributed by atoms with E-state index >= 15 is 0 Å². The van der Waals surface area contributed by atoms with Gasteiger partial charge in [0.1, 0.15) is 23.2 Å². The van der Waals surface area contributed by atoms with E-state index in [0.717, 1.165) is 0 Å². The molecule has 1 amide bonds. The molecule has 0 saturated carbocycles. The third-order valence-electron chi connectivity index (χ3n) is 3.82. The maximum atomic E-state index is 13.0. The summed E-state index contributed by atoms with van der Waals surface area (Å²) in [7, 11) is 0. The molecular formula is C19H15FN4O3. The van der Waals surface area contributed by atoms with Crippen molar-refractivity contribution in [1.29, 1.82) is 0 Å². The quantitative estimate of drug-likeness (QED) is 0.733. The molecule has 0 fully saturated rings. The van der Waals surface area contributed by atoms with Gasteiger partial charge in [0, 0.05) is 23.5 Å². The van der Waals surface area contributed by atoms with Crippen molar-refractivity contribution >= 4 is 23.1 Å². The number of nitrogens with zero attached hydrogens (tertiary/aromatic N) is 2. The Balaban J connectivity index is 1.53. The first-order chi connectivity index (χ1) is 13.1. The second-order valence-corrected chi connectivity index (χ2v) is 5.84. The SMILES string of the molecule is Cc1nc(Nc2ccc(F)cc2)cc(C(=O)Nc2ccc3c(c2)OCO3)n1. The lowest BCUT2D eigenvalue weighted by Gasteiger charge is -2.09. The maximum Gasteiger partial charge on any atom is 0.274 e. The summed E-state index contributed by atoms with van der Waals surface area (Å²) in [6.45, 7) is 1.85. The molecule has 27 heavy (non-hydrogen) atoms. The number of benzene rings is 2. The number of carbonyl (C=O) groups is 1. The van der Waals surface area contributed by atoms with Gasteiger partial charge in [-0.15, -0.1) is 0 Å². The summed E-state index contributed by atoms with van der Waals surface area (Å²) in [6.07, 6.45) is 0. The number of rotatable bonds is 4. The van der Waals surface area contributed by atoms with Gasteiger partial charge in [-0.3, -0.25) is 4.79 Å². The highest BCUT2D eigenvalue weighted by molar-refractivity contribution is 6.03. The molecule has 0 radical (unpaired) electrons. The molecule has 0 spiro atoms. The molecule has 0 unspecified atom stereocenters. The Hall–Kier alpha value is -3.68. The van der Waals surface area contributed by atoms with Crippen LogP contribution in [0.15, 0.2) is 48.5 Å². The largest absolute Gasteiger partial charge is 0.454 e. The van der Waals surface area contributed by atoms with Crippen LogP contribution in [0, 0.1) is 12.7 Å². The number of anilines is 3. The number of nitrogens with one attached hydrogen (secondary N) is 2. The number of fused-ring (bicyclic) bond motifs is 1. The van der Waals surface area contributed by atoms with E-state index < -0.39 is 0 Å². The zero-order valence-corrected chi connectivity index (χ0v) is 14.3. The molecule has 136 valence electrons. The highest BCUT2D eigenvalue weighted by atomic mass is 19.1. The summed E-state index contributed by atoms with van der Waals surface area (Å²) in [4.78, 5) is 21.0. The highest BCUT2D eigenvalue weighted by Gasteiger charge is 2.16. The van der Waals surface area contributed by atoms with E-state index in [9.17, 15) is 9.18 Å². The van der Waals surface area contributed by atoms with Crippen molar-refractivity contribution in [3.8, 4) is 11.5 Å². The predicted octanol–water partition coefficient (Wildman–Crippen LogP) is 3.65. The average Bonchev–Trinajstić information content (AvgIpc) is 3.11. The molecule has 0 bridgehead atoms. The molecule has 0 aliphatic carbocycles. The number of halogens is 1. The van der Waals surface area contributed by atoms with Crippen molar-refractivity contribution in [3.05, 3.63) is 65.9 Å². The van der Waals surface area contributed by atoms with Crippen LogP contribution in [-0.4, -0.2) is 22.7 Å². The highest BCUT2D eigenvalue weighted by Crippen LogP contribution is 2.34. The van der Waals surface area contributed by atoms with E-state index in [2.05, 4.69) is 20.6 Å². The zero-order valence-electron chi connectivity index (χ0n) is 14.3. The molecule has 4 rings (SSSR count). The minimum atomic E-state index is -0.387. The first-order valence-electron chi connectivity index (χ1n) is 8.16. The van der Waals surface area contributed by atoms with Gasteiger partial charge in [0.15, 0.2) is 11.5 Å². The lowest BCUT2D eigenvalue weighted by Crippen LogP contribution is -2.15. The summed E-state index contributed by atoms with van der Waals surface area (Å²) in [5.74, 6) is 1.36. The summed E-state index contributed by atoms with van der Waals surface area (Å²) in [5, 5.41) is 5.80. The zero-order chi connectivity index (χ0) is 18.8. The van der Waals surface area contributed by atoms with E-state index in [1.165, 1.54) is 18.2 Å². The normalized spacial score (nSPS) is 11.9. The van der Waals surface area contributed by atoms with Gasteiger partial charge in [-0.25, -0.2) is 14.4 Å². The van der Waals surface area contributed by atoms with Gasteiger partial charge in [-0.05, 0) is 43.3 Å². The Morgan fingerprint density at radius 2 is 1.74 bits per heavy atom. The summed E-state index contributed by atoms with van der Waals surface area (Å²) < 4.78 is 23.6. The van der Waals surface area contributed by atoms with Crippen molar-refractivity contribution in [2.45, 2.75) is 6.92 Å². The minimum Gasteiger partial charge on any atom is -0.454 e. The van der Waals surface area contributed by atoms with Crippen molar-refractivity contribution in [1.82, 2.24) is 9.97 Å². The number of aromatic nitrogens is 2. The molecule has 2 aromatic carbocycles. The maximum absolute atomic E-state index is 13.0. The van der Waals surface area contributed by atoms with E-state index in [1.54, 1.807) is 37.3 Å². The third-order valence-corrected chi connectivity index (χ3v) is 3.82. The van der Waals surface area contributed by atoms with Crippen LogP contribution in [-0.2, 0) is 0 Å². The van der Waals surface area contributed by atoms with Crippen LogP contribution in [0.1, 0.15) is 16.3 Å². The van der Waals surface area contributed by atoms with Crippen LogP contribution >= 0.6 is 0 Å². The Morgan fingerprint density at radius 1 is 1.00 bits per heavy atom. The predicted molar refractivity (Wildman–Crippen MR) is 97.0 cm³/mol. The van der Waals surface area contributed by atoms with Gasteiger partial charge in [0.25, 0.3) is 5.91 Å². The molecule has 0 atom stereocenters. The summed E-state index contributed by atoms with van der Waals surface area (Å²) in [6, 6.07) is 12.5. The molecule has 7 nitrogen and oxygen atoms in total. The van der Waals surface area contributed by atoms with E-state index in [1.807, 2.05) is 0 Å². The Kier molecular flexibility index (Phi) is 4.29. The van der Waals surface area contributed by atoms with Crippen molar-refractivity contribution < 1.29 is 18.7 Å². The molecule has 8 heteroatoms. The fourth-order valence-electron chi connectivity index (χ4n) is 2.60. The first kappa shape index (κ1) is 16.8. The van der Waals surface area contributed by atoms with Gasteiger partial charge < -0.3 is 20.1 Å². The molecule has 2 heterocycles. The average molecular weight is 366 g/mol. The van der Waals surface area contributed by atoms with Crippen molar-refractivity contribution in [2.75, 3.05) is 17.4 Å². The Bertz CT molecular complexity index is 1010. The molecule has 1 aromatic heterocycles. The van der Waals surface area contributed by atoms with Gasteiger partial charge >= 0.3 is 0 Å². The number of hydrogen-bond acceptors (Lipinski definition) is 6. The molecule has 0 saturated heterocycles. The Labute approximate surface area is 154 Å². The fourth-order valence-corrected chi connectivity index (χ4v) is 2.60.